The molecule has 0 fully saturated rings. The molecule has 0 aliphatic rings. The number of hydrogen-bond donors (Lipinski definition) is 0. The molecule has 4 nitrogen and oxygen atoms in total. The maximum absolute atomic E-state index is 11.3. The van der Waals surface area contributed by atoms with Gasteiger partial charge in [-0.25, -0.2) is 0 Å². The zero-order chi connectivity index (χ0) is 11.6. The number of hydrogen-bond acceptors (Lipinski definition) is 3. The summed E-state index contributed by atoms with van der Waals surface area (Å²) in [6.07, 6.45) is 0. The van der Waals surface area contributed by atoms with Gasteiger partial charge in [-0.2, -0.15) is 0 Å². The van der Waals surface area contributed by atoms with Gasteiger partial charge in [0.15, 0.2) is 5.78 Å². The number of carbonyl (C=O) groups is 1. The number of halogens is 2. The lowest BCUT2D eigenvalue weighted by Gasteiger charge is -2.03. The van der Waals surface area contributed by atoms with Crippen molar-refractivity contribution in [3.8, 4) is 0 Å². The summed E-state index contributed by atoms with van der Waals surface area (Å²) in [5.74, 6) is -0.545. The zero-order valence-corrected chi connectivity index (χ0v) is 9.30. The fourth-order valence-corrected chi connectivity index (χ4v) is 1.56. The predicted molar refractivity (Wildman–Crippen MR) is 57.9 cm³/mol. The smallest absolute Gasteiger partial charge is 0.273 e. The Morgan fingerprint density at radius 3 is 2.60 bits per heavy atom. The van der Waals surface area contributed by atoms with Gasteiger partial charge >= 0.3 is 0 Å². The highest BCUT2D eigenvalue weighted by Crippen LogP contribution is 2.27. The van der Waals surface area contributed by atoms with Crippen molar-refractivity contribution in [1.82, 2.24) is 0 Å². The number of nitro benzene ring substituents is 1. The molecular weight excluding hydrogens is 241 g/mol. The van der Waals surface area contributed by atoms with E-state index in [-0.39, 0.29) is 27.9 Å². The number of benzene rings is 1. The fourth-order valence-electron chi connectivity index (χ4n) is 1.15. The van der Waals surface area contributed by atoms with Gasteiger partial charge in [0.25, 0.3) is 5.69 Å². The molecule has 0 saturated heterocycles. The van der Waals surface area contributed by atoms with Gasteiger partial charge in [-0.15, -0.1) is 11.6 Å². The summed E-state index contributed by atoms with van der Waals surface area (Å²) in [5, 5.41) is 10.6. The van der Waals surface area contributed by atoms with Gasteiger partial charge in [-0.05, 0) is 13.0 Å². The second kappa shape index (κ2) is 4.59. The Kier molecular flexibility index (Phi) is 3.66. The number of carbonyl (C=O) groups excluding carboxylic acids is 1. The minimum absolute atomic E-state index is 0.0537. The molecule has 0 amide bonds. The van der Waals surface area contributed by atoms with Crippen molar-refractivity contribution in [1.29, 1.82) is 0 Å². The molecule has 80 valence electrons. The third-order valence-corrected chi connectivity index (χ3v) is 2.46. The van der Waals surface area contributed by atoms with Crippen LogP contribution in [0.15, 0.2) is 12.1 Å². The highest BCUT2D eigenvalue weighted by atomic mass is 35.5. The van der Waals surface area contributed by atoms with Gasteiger partial charge in [-0.3, -0.25) is 14.9 Å². The average molecular weight is 248 g/mol. The number of nitrogens with zero attached hydrogens (tertiary/aromatic N) is 1. The van der Waals surface area contributed by atoms with Gasteiger partial charge < -0.3 is 0 Å². The summed E-state index contributed by atoms with van der Waals surface area (Å²) in [6, 6.07) is 2.54. The second-order valence-corrected chi connectivity index (χ2v) is 3.61. The van der Waals surface area contributed by atoms with E-state index in [1.54, 1.807) is 6.92 Å². The van der Waals surface area contributed by atoms with Crippen LogP contribution in [-0.4, -0.2) is 16.6 Å². The van der Waals surface area contributed by atoms with Gasteiger partial charge in [-0.1, -0.05) is 11.6 Å². The van der Waals surface area contributed by atoms with E-state index in [9.17, 15) is 14.9 Å². The highest BCUT2D eigenvalue weighted by molar-refractivity contribution is 6.37. The Labute approximate surface area is 95.9 Å². The largest absolute Gasteiger partial charge is 0.293 e. The topological polar surface area (TPSA) is 60.2 Å². The van der Waals surface area contributed by atoms with Crippen molar-refractivity contribution >= 4 is 34.7 Å². The van der Waals surface area contributed by atoms with Crippen molar-refractivity contribution in [2.75, 3.05) is 5.88 Å². The molecule has 1 rings (SSSR count). The molecule has 0 unspecified atom stereocenters. The van der Waals surface area contributed by atoms with E-state index in [0.29, 0.717) is 5.56 Å². The molecule has 0 aromatic heterocycles. The first-order chi connectivity index (χ1) is 6.97. The number of rotatable bonds is 3. The van der Waals surface area contributed by atoms with Crippen LogP contribution in [0.2, 0.25) is 5.02 Å². The molecule has 0 heterocycles. The SMILES string of the molecule is Cc1cc(C(=O)CCl)c(Cl)cc1[N+](=O)[O-]. The van der Waals surface area contributed by atoms with E-state index in [4.69, 9.17) is 23.2 Å². The summed E-state index contributed by atoms with van der Waals surface area (Å²) in [7, 11) is 0. The summed E-state index contributed by atoms with van der Waals surface area (Å²) < 4.78 is 0. The molecule has 1 aromatic carbocycles. The van der Waals surface area contributed by atoms with Gasteiger partial charge in [0.05, 0.1) is 15.8 Å². The molecule has 0 saturated carbocycles. The summed E-state index contributed by atoms with van der Waals surface area (Å²) in [4.78, 5) is 21.3. The van der Waals surface area contributed by atoms with Crippen molar-refractivity contribution in [3.05, 3.63) is 38.4 Å². The Bertz CT molecular complexity index is 432. The minimum atomic E-state index is -0.545. The lowest BCUT2D eigenvalue weighted by atomic mass is 10.1. The van der Waals surface area contributed by atoms with Crippen molar-refractivity contribution in [2.24, 2.45) is 0 Å². The van der Waals surface area contributed by atoms with Crippen LogP contribution in [0.5, 0.6) is 0 Å². The summed E-state index contributed by atoms with van der Waals surface area (Å²) in [6.45, 7) is 1.54. The molecule has 0 aliphatic carbocycles. The number of alkyl halides is 1. The molecule has 0 aliphatic heterocycles. The first kappa shape index (κ1) is 11.9. The molecule has 0 spiro atoms. The van der Waals surface area contributed by atoms with Crippen LogP contribution in [0.3, 0.4) is 0 Å². The molecule has 0 atom stereocenters. The van der Waals surface area contributed by atoms with Gasteiger partial charge in [0.1, 0.15) is 0 Å². The lowest BCUT2D eigenvalue weighted by molar-refractivity contribution is -0.385. The van der Waals surface area contributed by atoms with Gasteiger partial charge in [0, 0.05) is 17.2 Å². The molecule has 0 bridgehead atoms. The molecule has 6 heteroatoms. The van der Waals surface area contributed by atoms with E-state index in [1.165, 1.54) is 6.07 Å². The lowest BCUT2D eigenvalue weighted by Crippen LogP contribution is -2.03. The quantitative estimate of drug-likeness (QED) is 0.357. The monoisotopic (exact) mass is 247 g/mol. The molecule has 0 radical (unpaired) electrons. The molecule has 1 aromatic rings. The maximum atomic E-state index is 11.3. The fraction of sp³-hybridized carbons (Fsp3) is 0.222. The van der Waals surface area contributed by atoms with E-state index < -0.39 is 4.92 Å². The van der Waals surface area contributed by atoms with Gasteiger partial charge in [0.2, 0.25) is 0 Å². The number of nitro groups is 1. The summed E-state index contributed by atoms with van der Waals surface area (Å²) in [5.41, 5.74) is 0.499. The van der Waals surface area contributed by atoms with Crippen molar-refractivity contribution in [2.45, 2.75) is 6.92 Å². The highest BCUT2D eigenvalue weighted by Gasteiger charge is 2.17. The minimum Gasteiger partial charge on any atom is -0.293 e. The first-order valence-corrected chi connectivity index (χ1v) is 4.92. The number of ketones is 1. The van der Waals surface area contributed by atoms with Crippen LogP contribution in [0.25, 0.3) is 0 Å². The predicted octanol–water partition coefficient (Wildman–Crippen LogP) is 2.98. The summed E-state index contributed by atoms with van der Waals surface area (Å²) >= 11 is 11.1. The number of aryl methyl sites for hydroxylation is 1. The zero-order valence-electron chi connectivity index (χ0n) is 7.79. The Balaban J connectivity index is 3.31. The van der Waals surface area contributed by atoms with Crippen LogP contribution in [0.1, 0.15) is 15.9 Å². The first-order valence-electron chi connectivity index (χ1n) is 4.01. The molecule has 15 heavy (non-hydrogen) atoms. The third kappa shape index (κ3) is 2.46. The van der Waals surface area contributed by atoms with E-state index >= 15 is 0 Å². The Morgan fingerprint density at radius 2 is 2.13 bits per heavy atom. The molecular formula is C9H7Cl2NO3. The van der Waals surface area contributed by atoms with Crippen LogP contribution < -0.4 is 0 Å². The standard InChI is InChI=1S/C9H7Cl2NO3/c1-5-2-6(9(13)4-10)7(11)3-8(5)12(14)15/h2-3H,4H2,1H3. The second-order valence-electron chi connectivity index (χ2n) is 2.93. The van der Waals surface area contributed by atoms with Crippen LogP contribution in [0, 0.1) is 17.0 Å². The van der Waals surface area contributed by atoms with Crippen LogP contribution >= 0.6 is 23.2 Å². The normalized spacial score (nSPS) is 10.1. The third-order valence-electron chi connectivity index (χ3n) is 1.90. The van der Waals surface area contributed by atoms with E-state index in [0.717, 1.165) is 6.07 Å². The van der Waals surface area contributed by atoms with Crippen molar-refractivity contribution in [3.63, 3.8) is 0 Å². The van der Waals surface area contributed by atoms with E-state index in [1.807, 2.05) is 0 Å². The van der Waals surface area contributed by atoms with Crippen LogP contribution in [-0.2, 0) is 0 Å². The Hall–Kier alpha value is -1.13. The van der Waals surface area contributed by atoms with Crippen LogP contribution in [0.4, 0.5) is 5.69 Å². The van der Waals surface area contributed by atoms with Crippen molar-refractivity contribution < 1.29 is 9.72 Å². The maximum Gasteiger partial charge on any atom is 0.273 e. The van der Waals surface area contributed by atoms with E-state index in [2.05, 4.69) is 0 Å². The number of Topliss-reactive ketones (excluding diaryl/α,β-unsaturated/α-hetero) is 1. The average Bonchev–Trinajstić information content (AvgIpc) is 2.19. The molecule has 0 N–H and O–H groups in total. The Morgan fingerprint density at radius 1 is 1.53 bits per heavy atom.